The maximum absolute atomic E-state index is 13.2. The van der Waals surface area contributed by atoms with Gasteiger partial charge in [0.25, 0.3) is 5.91 Å². The Labute approximate surface area is 197 Å². The highest BCUT2D eigenvalue weighted by atomic mass is 32.2. The third-order valence-electron chi connectivity index (χ3n) is 5.31. The first kappa shape index (κ1) is 23.0. The van der Waals surface area contributed by atoms with Gasteiger partial charge in [-0.2, -0.15) is 0 Å². The van der Waals surface area contributed by atoms with Gasteiger partial charge in [0.2, 0.25) is 0 Å². The van der Waals surface area contributed by atoms with Crippen molar-refractivity contribution in [2.75, 3.05) is 6.54 Å². The van der Waals surface area contributed by atoms with Gasteiger partial charge in [0.15, 0.2) is 10.8 Å². The molecule has 0 saturated heterocycles. The van der Waals surface area contributed by atoms with E-state index in [1.807, 2.05) is 36.4 Å². The summed E-state index contributed by atoms with van der Waals surface area (Å²) in [7, 11) is 0. The lowest BCUT2D eigenvalue weighted by atomic mass is 10.1. The van der Waals surface area contributed by atoms with Gasteiger partial charge >= 0.3 is 0 Å². The molecule has 0 atom stereocenters. The van der Waals surface area contributed by atoms with Gasteiger partial charge in [-0.3, -0.25) is 9.36 Å². The maximum Gasteiger partial charge on any atom is 0.251 e. The molecule has 0 aliphatic rings. The molecule has 0 fully saturated rings. The molecule has 0 bridgehead atoms. The van der Waals surface area contributed by atoms with Gasteiger partial charge < -0.3 is 5.32 Å². The molecule has 170 valence electrons. The Morgan fingerprint density at radius 3 is 2.52 bits per heavy atom. The molecule has 4 rings (SSSR count). The Morgan fingerprint density at radius 2 is 1.79 bits per heavy atom. The number of hydrogen-bond donors (Lipinski definition) is 1. The summed E-state index contributed by atoms with van der Waals surface area (Å²) in [6.45, 7) is 5.55. The summed E-state index contributed by atoms with van der Waals surface area (Å²) in [5, 5.41) is 3.82. The highest BCUT2D eigenvalue weighted by Crippen LogP contribution is 2.27. The number of hydrogen-bond acceptors (Lipinski definition) is 4. The van der Waals surface area contributed by atoms with Crippen LogP contribution in [-0.4, -0.2) is 27.0 Å². The van der Waals surface area contributed by atoms with Crippen molar-refractivity contribution in [3.63, 3.8) is 0 Å². The summed E-state index contributed by atoms with van der Waals surface area (Å²) in [5.74, 6) is 0.949. The van der Waals surface area contributed by atoms with Gasteiger partial charge in [-0.05, 0) is 59.9 Å². The fourth-order valence-electron chi connectivity index (χ4n) is 3.44. The van der Waals surface area contributed by atoms with Crippen LogP contribution >= 0.6 is 11.8 Å². The minimum atomic E-state index is -0.239. The second-order valence-corrected chi connectivity index (χ2v) is 9.32. The monoisotopic (exact) mass is 462 g/mol. The van der Waals surface area contributed by atoms with E-state index in [9.17, 15) is 9.18 Å². The van der Waals surface area contributed by atoms with E-state index in [2.05, 4.69) is 28.7 Å². The zero-order valence-corrected chi connectivity index (χ0v) is 19.6. The smallest absolute Gasteiger partial charge is 0.251 e. The average Bonchev–Trinajstić information content (AvgIpc) is 3.16. The number of carbonyl (C=O) groups is 1. The van der Waals surface area contributed by atoms with Crippen LogP contribution < -0.4 is 5.32 Å². The summed E-state index contributed by atoms with van der Waals surface area (Å²) in [4.78, 5) is 21.7. The van der Waals surface area contributed by atoms with Crippen LogP contribution in [0.5, 0.6) is 0 Å². The van der Waals surface area contributed by atoms with E-state index in [0.29, 0.717) is 30.3 Å². The number of halogens is 1. The molecule has 1 amide bonds. The number of pyridine rings is 1. The molecule has 0 unspecified atom stereocenters. The minimum absolute atomic E-state index is 0.0486. The van der Waals surface area contributed by atoms with Crippen molar-refractivity contribution >= 4 is 28.8 Å². The lowest BCUT2D eigenvalue weighted by Crippen LogP contribution is -2.25. The number of nitrogens with zero attached hydrogens (tertiary/aromatic N) is 3. The summed E-state index contributed by atoms with van der Waals surface area (Å²) in [6, 6.07) is 18.0. The zero-order chi connectivity index (χ0) is 23.2. The Morgan fingerprint density at radius 1 is 1.06 bits per heavy atom. The molecular formula is C26H27FN4OS. The van der Waals surface area contributed by atoms with Crippen molar-refractivity contribution in [2.24, 2.45) is 5.92 Å². The third kappa shape index (κ3) is 5.99. The van der Waals surface area contributed by atoms with Crippen LogP contribution in [0.15, 0.2) is 72.0 Å². The molecule has 1 N–H and O–H groups in total. The molecule has 7 heteroatoms. The topological polar surface area (TPSA) is 59.8 Å². The second kappa shape index (κ2) is 10.6. The van der Waals surface area contributed by atoms with Crippen LogP contribution in [-0.2, 0) is 12.3 Å². The first-order chi connectivity index (χ1) is 16.0. The van der Waals surface area contributed by atoms with Crippen LogP contribution in [0.2, 0.25) is 0 Å². The molecule has 0 radical (unpaired) electrons. The van der Waals surface area contributed by atoms with Crippen molar-refractivity contribution < 1.29 is 9.18 Å². The number of nitrogens with one attached hydrogen (secondary N) is 1. The fourth-order valence-corrected chi connectivity index (χ4v) is 4.40. The van der Waals surface area contributed by atoms with Gasteiger partial charge in [-0.1, -0.05) is 49.9 Å². The van der Waals surface area contributed by atoms with Gasteiger partial charge in [-0.15, -0.1) is 0 Å². The summed E-state index contributed by atoms with van der Waals surface area (Å²) in [5.41, 5.74) is 4.39. The van der Waals surface area contributed by atoms with Crippen LogP contribution in [0.25, 0.3) is 11.2 Å². The van der Waals surface area contributed by atoms with Gasteiger partial charge in [0.05, 0.1) is 6.54 Å². The van der Waals surface area contributed by atoms with E-state index in [1.54, 1.807) is 30.1 Å². The lowest BCUT2D eigenvalue weighted by Gasteiger charge is -2.10. The highest BCUT2D eigenvalue weighted by molar-refractivity contribution is 7.98. The van der Waals surface area contributed by atoms with Crippen molar-refractivity contribution in [2.45, 2.75) is 37.7 Å². The third-order valence-corrected chi connectivity index (χ3v) is 6.36. The molecular weight excluding hydrogens is 435 g/mol. The SMILES string of the molecule is CC(C)CCNC(=O)c1ccc(Cn2c(SCc3ccc(F)cc3)nc3cccnc32)cc1. The minimum Gasteiger partial charge on any atom is -0.352 e. The molecule has 4 aromatic rings. The molecule has 2 aromatic carbocycles. The van der Waals surface area contributed by atoms with Crippen LogP contribution in [0.3, 0.4) is 0 Å². The molecule has 0 aliphatic carbocycles. The molecule has 5 nitrogen and oxygen atoms in total. The van der Waals surface area contributed by atoms with Crippen molar-refractivity contribution in [1.82, 2.24) is 19.9 Å². The number of imidazole rings is 1. The van der Waals surface area contributed by atoms with Crippen molar-refractivity contribution in [3.8, 4) is 0 Å². The predicted molar refractivity (Wildman–Crippen MR) is 131 cm³/mol. The van der Waals surface area contributed by atoms with E-state index in [0.717, 1.165) is 33.9 Å². The van der Waals surface area contributed by atoms with Crippen molar-refractivity contribution in [3.05, 3.63) is 89.4 Å². The van der Waals surface area contributed by atoms with Gasteiger partial charge in [0.1, 0.15) is 11.3 Å². The number of carbonyl (C=O) groups excluding carboxylic acids is 1. The Bertz CT molecular complexity index is 1220. The van der Waals surface area contributed by atoms with E-state index in [-0.39, 0.29) is 11.7 Å². The van der Waals surface area contributed by atoms with E-state index < -0.39 is 0 Å². The van der Waals surface area contributed by atoms with Crippen LogP contribution in [0, 0.1) is 11.7 Å². The summed E-state index contributed by atoms with van der Waals surface area (Å²) in [6.07, 6.45) is 2.72. The molecule has 33 heavy (non-hydrogen) atoms. The standard InChI is InChI=1S/C26H27FN4OS/c1-18(2)13-15-29-25(32)21-9-5-19(6-10-21)16-31-24-23(4-3-14-28-24)30-26(31)33-17-20-7-11-22(27)12-8-20/h3-12,14,18H,13,15-17H2,1-2H3,(H,29,32). The molecule has 0 aliphatic heterocycles. The largest absolute Gasteiger partial charge is 0.352 e. The first-order valence-electron chi connectivity index (χ1n) is 11.1. The molecule has 2 aromatic heterocycles. The predicted octanol–water partition coefficient (Wildman–Crippen LogP) is 5.69. The zero-order valence-electron chi connectivity index (χ0n) is 18.8. The van der Waals surface area contributed by atoms with E-state index in [1.165, 1.54) is 12.1 Å². The number of rotatable bonds is 9. The number of amides is 1. The first-order valence-corrected chi connectivity index (χ1v) is 12.0. The Kier molecular flexibility index (Phi) is 7.40. The Balaban J connectivity index is 1.49. The summed E-state index contributed by atoms with van der Waals surface area (Å²) < 4.78 is 15.3. The van der Waals surface area contributed by atoms with Crippen LogP contribution in [0.1, 0.15) is 41.8 Å². The normalized spacial score (nSPS) is 11.3. The molecule has 2 heterocycles. The molecule has 0 spiro atoms. The highest BCUT2D eigenvalue weighted by Gasteiger charge is 2.14. The van der Waals surface area contributed by atoms with E-state index in [4.69, 9.17) is 4.98 Å². The maximum atomic E-state index is 13.2. The van der Waals surface area contributed by atoms with Crippen LogP contribution in [0.4, 0.5) is 4.39 Å². The number of fused-ring (bicyclic) bond motifs is 1. The second-order valence-electron chi connectivity index (χ2n) is 8.38. The average molecular weight is 463 g/mol. The number of aromatic nitrogens is 3. The lowest BCUT2D eigenvalue weighted by molar-refractivity contribution is 0.0952. The Hall–Kier alpha value is -3.19. The quantitative estimate of drug-likeness (QED) is 0.325. The van der Waals surface area contributed by atoms with Crippen molar-refractivity contribution in [1.29, 1.82) is 0 Å². The molecule has 0 saturated carbocycles. The van der Waals surface area contributed by atoms with Gasteiger partial charge in [0, 0.05) is 24.1 Å². The van der Waals surface area contributed by atoms with E-state index >= 15 is 0 Å². The van der Waals surface area contributed by atoms with Gasteiger partial charge in [-0.25, -0.2) is 14.4 Å². The number of benzene rings is 2. The number of thioether (sulfide) groups is 1. The fraction of sp³-hybridized carbons (Fsp3) is 0.269. The summed E-state index contributed by atoms with van der Waals surface area (Å²) >= 11 is 1.60.